The van der Waals surface area contributed by atoms with Gasteiger partial charge in [0.2, 0.25) is 0 Å². The van der Waals surface area contributed by atoms with E-state index in [0.29, 0.717) is 6.04 Å². The molecule has 0 radical (unpaired) electrons. The lowest BCUT2D eigenvalue weighted by atomic mass is 9.35. The van der Waals surface area contributed by atoms with Gasteiger partial charge in [-0.25, -0.2) is 0 Å². The maximum atomic E-state index is 12.1. The summed E-state index contributed by atoms with van der Waals surface area (Å²) in [5.41, 5.74) is 0.548. The fourth-order valence-electron chi connectivity index (χ4n) is 8.37. The summed E-state index contributed by atoms with van der Waals surface area (Å²) in [5, 5.41) is 12.1. The van der Waals surface area contributed by atoms with Gasteiger partial charge >= 0.3 is 0 Å². The second-order valence-corrected chi connectivity index (χ2v) is 12.1. The molecule has 1 aromatic rings. The highest BCUT2D eigenvalue weighted by atomic mass is 16.6. The van der Waals surface area contributed by atoms with Crippen molar-refractivity contribution in [1.82, 2.24) is 4.90 Å². The van der Waals surface area contributed by atoms with Gasteiger partial charge in [-0.15, -0.1) is 0 Å². The third kappa shape index (κ3) is 1.96. The van der Waals surface area contributed by atoms with Gasteiger partial charge in [0.25, 0.3) is 0 Å². The van der Waals surface area contributed by atoms with Gasteiger partial charge < -0.3 is 24.2 Å². The van der Waals surface area contributed by atoms with Crippen molar-refractivity contribution in [2.24, 2.45) is 16.7 Å². The molecule has 4 bridgehead atoms. The van der Waals surface area contributed by atoms with Crippen LogP contribution in [0.25, 0.3) is 0 Å². The fraction of sp³-hybridized carbons (Fsp3) is 0.704. The number of methoxy groups -OCH3 is 2. The summed E-state index contributed by atoms with van der Waals surface area (Å²) >= 11 is 0. The van der Waals surface area contributed by atoms with Crippen LogP contribution in [-0.4, -0.2) is 61.2 Å². The first-order valence-electron chi connectivity index (χ1n) is 12.1. The average molecular weight is 440 g/mol. The van der Waals surface area contributed by atoms with Crippen LogP contribution in [0.5, 0.6) is 11.5 Å². The average Bonchev–Trinajstić information content (AvgIpc) is 3.12. The molecular weight excluding hydrogens is 402 g/mol. The number of nitrogens with zero attached hydrogens (tertiary/aromatic N) is 1. The van der Waals surface area contributed by atoms with Crippen LogP contribution in [0.1, 0.15) is 51.7 Å². The Kier molecular flexibility index (Phi) is 3.88. The summed E-state index contributed by atoms with van der Waals surface area (Å²) < 4.78 is 19.2. The highest BCUT2D eigenvalue weighted by molar-refractivity contribution is 5.65. The Morgan fingerprint density at radius 3 is 2.56 bits per heavy atom. The van der Waals surface area contributed by atoms with Gasteiger partial charge in [0.05, 0.1) is 18.1 Å². The topological polar surface area (TPSA) is 51.2 Å². The van der Waals surface area contributed by atoms with Crippen molar-refractivity contribution < 1.29 is 19.3 Å². The number of hydrogen-bond donors (Lipinski definition) is 1. The lowest BCUT2D eigenvalue weighted by molar-refractivity contribution is -0.261. The quantitative estimate of drug-likeness (QED) is 0.728. The molecular formula is C27H37NO4. The first-order chi connectivity index (χ1) is 15.0. The molecule has 1 unspecified atom stereocenters. The number of likely N-dealkylation sites (N-methyl/N-ethyl adjacent to an activating group) is 1. The molecule has 7 atom stereocenters. The van der Waals surface area contributed by atoms with E-state index in [1.54, 1.807) is 14.2 Å². The van der Waals surface area contributed by atoms with E-state index in [2.05, 4.69) is 57.0 Å². The normalized spacial score (nSPS) is 42.9. The standard InChI is InChI=1S/C27H37NO4/c1-23(2,3)24(4,29)18-15-25-10-11-27(18,31-7)22-26(25)12-13-28(5)19(25)14-16-8-9-17(30-6)21(32-22)20(16)26/h8-11,18-19,22,29H,12-15H2,1-7H3/t18-,19-,22-,24?,25-,26+,27-/m1/s1. The zero-order valence-electron chi connectivity index (χ0n) is 20.5. The highest BCUT2D eigenvalue weighted by Crippen LogP contribution is 2.75. The molecule has 5 nitrogen and oxygen atoms in total. The van der Waals surface area contributed by atoms with E-state index >= 15 is 0 Å². The molecule has 2 heterocycles. The molecule has 5 heteroatoms. The van der Waals surface area contributed by atoms with Crippen LogP contribution < -0.4 is 9.47 Å². The zero-order chi connectivity index (χ0) is 22.9. The summed E-state index contributed by atoms with van der Waals surface area (Å²) in [6.45, 7) is 9.45. The molecule has 2 aliphatic heterocycles. The smallest absolute Gasteiger partial charge is 0.166 e. The van der Waals surface area contributed by atoms with E-state index in [-0.39, 0.29) is 28.3 Å². The number of piperidine rings is 1. The van der Waals surface area contributed by atoms with Gasteiger partial charge in [-0.3, -0.25) is 0 Å². The van der Waals surface area contributed by atoms with Crippen molar-refractivity contribution in [1.29, 1.82) is 0 Å². The van der Waals surface area contributed by atoms with Crippen molar-refractivity contribution in [2.45, 2.75) is 75.7 Å². The fourth-order valence-corrected chi connectivity index (χ4v) is 8.37. The summed E-state index contributed by atoms with van der Waals surface area (Å²) in [7, 11) is 5.79. The number of aliphatic hydroxyl groups is 1. The van der Waals surface area contributed by atoms with Crippen molar-refractivity contribution in [3.05, 3.63) is 35.4 Å². The Hall–Kier alpha value is -1.56. The summed E-state index contributed by atoms with van der Waals surface area (Å²) in [4.78, 5) is 2.55. The van der Waals surface area contributed by atoms with E-state index in [1.807, 2.05) is 6.92 Å². The van der Waals surface area contributed by atoms with Crippen LogP contribution in [0, 0.1) is 16.7 Å². The number of likely N-dealkylation sites (tertiary alicyclic amines) is 1. The monoisotopic (exact) mass is 439 g/mol. The van der Waals surface area contributed by atoms with E-state index in [9.17, 15) is 5.11 Å². The largest absolute Gasteiger partial charge is 0.493 e. The number of benzene rings is 1. The summed E-state index contributed by atoms with van der Waals surface area (Å²) in [5.74, 6) is 1.63. The first-order valence-corrected chi connectivity index (χ1v) is 12.1. The minimum Gasteiger partial charge on any atom is -0.493 e. The molecule has 1 N–H and O–H groups in total. The van der Waals surface area contributed by atoms with Gasteiger partial charge in [-0.2, -0.15) is 0 Å². The van der Waals surface area contributed by atoms with Crippen molar-refractivity contribution in [3.63, 3.8) is 0 Å². The molecule has 2 fully saturated rings. The van der Waals surface area contributed by atoms with E-state index < -0.39 is 11.2 Å². The van der Waals surface area contributed by atoms with Crippen molar-refractivity contribution >= 4 is 0 Å². The van der Waals surface area contributed by atoms with Gasteiger partial charge in [0.15, 0.2) is 11.5 Å². The maximum Gasteiger partial charge on any atom is 0.166 e. The second kappa shape index (κ2) is 5.92. The molecule has 6 aliphatic rings. The Balaban J connectivity index is 1.67. The van der Waals surface area contributed by atoms with Crippen LogP contribution in [0.4, 0.5) is 0 Å². The second-order valence-electron chi connectivity index (χ2n) is 12.1. The lowest BCUT2D eigenvalue weighted by Crippen LogP contribution is -2.81. The van der Waals surface area contributed by atoms with Crippen molar-refractivity contribution in [2.75, 3.05) is 27.8 Å². The molecule has 7 rings (SSSR count). The SMILES string of the molecule is COc1ccc2c3c1O[C@H]1[C@@]4(OC)C=C[C@@]5(C[C@@H]4C(C)(O)C(C)(C)C)[C@@H](C2)N(C)CC[C@]315. The number of fused-ring (bicyclic) bond motifs is 1. The predicted octanol–water partition coefficient (Wildman–Crippen LogP) is 3.71. The summed E-state index contributed by atoms with van der Waals surface area (Å²) in [6, 6.07) is 4.69. The highest BCUT2D eigenvalue weighted by Gasteiger charge is 2.80. The molecule has 174 valence electrons. The first kappa shape index (κ1) is 21.0. The third-order valence-corrected chi connectivity index (χ3v) is 10.5. The molecule has 4 aliphatic carbocycles. The van der Waals surface area contributed by atoms with Crippen LogP contribution in [0.3, 0.4) is 0 Å². The van der Waals surface area contributed by atoms with Gasteiger partial charge in [-0.05, 0) is 56.8 Å². The molecule has 32 heavy (non-hydrogen) atoms. The van der Waals surface area contributed by atoms with Crippen LogP contribution in [0.2, 0.25) is 0 Å². The van der Waals surface area contributed by atoms with E-state index in [4.69, 9.17) is 14.2 Å². The maximum absolute atomic E-state index is 12.1. The van der Waals surface area contributed by atoms with Crippen LogP contribution >= 0.6 is 0 Å². The van der Waals surface area contributed by atoms with Gasteiger partial charge in [-0.1, -0.05) is 39.0 Å². The van der Waals surface area contributed by atoms with E-state index in [0.717, 1.165) is 37.3 Å². The molecule has 0 amide bonds. The van der Waals surface area contributed by atoms with Gasteiger partial charge in [0.1, 0.15) is 11.7 Å². The van der Waals surface area contributed by atoms with Crippen molar-refractivity contribution in [3.8, 4) is 11.5 Å². The predicted molar refractivity (Wildman–Crippen MR) is 123 cm³/mol. The number of hydrogen-bond acceptors (Lipinski definition) is 5. The molecule has 1 aromatic carbocycles. The van der Waals surface area contributed by atoms with Gasteiger partial charge in [0, 0.05) is 30.0 Å². The summed E-state index contributed by atoms with van der Waals surface area (Å²) in [6.07, 6.45) is 7.46. The number of rotatable bonds is 3. The molecule has 1 saturated heterocycles. The third-order valence-electron chi connectivity index (χ3n) is 10.5. The Labute approximate surface area is 191 Å². The Morgan fingerprint density at radius 1 is 1.16 bits per heavy atom. The minimum atomic E-state index is -0.933. The van der Waals surface area contributed by atoms with E-state index in [1.165, 1.54) is 11.1 Å². The number of ether oxygens (including phenoxy) is 3. The Morgan fingerprint density at radius 2 is 1.91 bits per heavy atom. The zero-order valence-corrected chi connectivity index (χ0v) is 20.5. The Bertz CT molecular complexity index is 1030. The molecule has 1 saturated carbocycles. The van der Waals surface area contributed by atoms with Crippen LogP contribution in [0.15, 0.2) is 24.3 Å². The minimum absolute atomic E-state index is 0.0843. The van der Waals surface area contributed by atoms with Crippen LogP contribution in [-0.2, 0) is 16.6 Å². The lowest BCUT2D eigenvalue weighted by Gasteiger charge is -2.72. The molecule has 2 spiro atoms. The molecule has 0 aromatic heterocycles.